The molecule has 0 saturated heterocycles. The van der Waals surface area contributed by atoms with Gasteiger partial charge in [-0.1, -0.05) is 26.7 Å². The van der Waals surface area contributed by atoms with Gasteiger partial charge in [-0.15, -0.1) is 0 Å². The number of hydrogen-bond acceptors (Lipinski definition) is 2. The SMILES string of the molecule is CCCCCCc1ccc(C2(C)c3cc4c(cc3-c3s[c]([Sn]([CH3])([CH3])[CH3])cc32)C(C)(c2ccc(CCCCCC)cc2)c2c[c]([Sn]([CH3])([CH3])[CH3])sc2-4)cc1. The molecule has 2 atom stereocenters. The fraction of sp³-hybridized carbons (Fsp3) is 0.458. The summed E-state index contributed by atoms with van der Waals surface area (Å²) < 4.78 is 3.39. The molecule has 0 amide bonds. The molecule has 0 aliphatic heterocycles. The predicted molar refractivity (Wildman–Crippen MR) is 239 cm³/mol. The number of rotatable bonds is 14. The van der Waals surface area contributed by atoms with Gasteiger partial charge >= 0.3 is 309 Å². The second-order valence-electron chi connectivity index (χ2n) is 18.4. The van der Waals surface area contributed by atoms with Crippen molar-refractivity contribution >= 4 is 65.2 Å². The molecule has 274 valence electrons. The Morgan fingerprint density at radius 2 is 0.827 bits per heavy atom. The van der Waals surface area contributed by atoms with Crippen molar-refractivity contribution in [2.24, 2.45) is 0 Å². The van der Waals surface area contributed by atoms with Crippen LogP contribution in [0.5, 0.6) is 0 Å². The van der Waals surface area contributed by atoms with E-state index < -0.39 is 36.8 Å². The number of aryl methyl sites for hydroxylation is 2. The van der Waals surface area contributed by atoms with Crippen molar-refractivity contribution < 1.29 is 0 Å². The summed E-state index contributed by atoms with van der Waals surface area (Å²) >= 11 is -0.384. The second-order valence-corrected chi connectivity index (χ2v) is 51.4. The van der Waals surface area contributed by atoms with E-state index >= 15 is 0 Å². The van der Waals surface area contributed by atoms with Gasteiger partial charge in [-0.05, 0) is 0 Å². The number of thiophene rings is 2. The summed E-state index contributed by atoms with van der Waals surface area (Å²) in [7, 11) is 0. The van der Waals surface area contributed by atoms with Crippen LogP contribution in [-0.4, -0.2) is 36.8 Å². The third kappa shape index (κ3) is 6.89. The normalized spacial score (nSPS) is 19.1. The maximum absolute atomic E-state index is 2.68. The summed E-state index contributed by atoms with van der Waals surface area (Å²) in [5.41, 5.74) is 14.7. The van der Waals surface area contributed by atoms with Crippen LogP contribution in [-0.2, 0) is 23.7 Å². The predicted octanol–water partition coefficient (Wildman–Crippen LogP) is 13.8. The van der Waals surface area contributed by atoms with E-state index in [1.165, 1.54) is 118 Å². The molecule has 2 heterocycles. The molecule has 5 aromatic rings. The van der Waals surface area contributed by atoms with Crippen LogP contribution in [0.25, 0.3) is 20.9 Å². The zero-order valence-corrected chi connectivity index (χ0v) is 41.2. The van der Waals surface area contributed by atoms with Crippen LogP contribution >= 0.6 is 22.7 Å². The summed E-state index contributed by atoms with van der Waals surface area (Å²) in [6.07, 6.45) is 12.9. The van der Waals surface area contributed by atoms with Crippen molar-refractivity contribution in [1.29, 1.82) is 0 Å². The monoisotopic (exact) mass is 942 g/mol. The van der Waals surface area contributed by atoms with Crippen molar-refractivity contribution in [2.75, 3.05) is 0 Å². The van der Waals surface area contributed by atoms with Crippen LogP contribution < -0.4 is 5.79 Å². The first-order valence-electron chi connectivity index (χ1n) is 20.4. The standard InChI is InChI=1S/C42H44S2.6CH3.2Sn/c1-5-7-9-11-13-29-15-19-31(20-16-29)41(3)35-23-25-43-39(35)33-28-38-34(27-37(33)41)40-36(24-26-44-40)42(38,4)32-21-17-30(18-22-32)14-12-10-8-6-2;;;;;;;;/h15-24,27-28H,5-14H2,1-4H3;6*1H3;;. The Morgan fingerprint density at radius 1 is 0.462 bits per heavy atom. The molecule has 0 N–H and O–H groups in total. The number of benzene rings is 3. The van der Waals surface area contributed by atoms with Gasteiger partial charge in [-0.25, -0.2) is 0 Å². The van der Waals surface area contributed by atoms with E-state index in [1.807, 2.05) is 0 Å². The molecule has 2 unspecified atom stereocenters. The molecule has 7 rings (SSSR count). The fourth-order valence-electron chi connectivity index (χ4n) is 8.90. The van der Waals surface area contributed by atoms with Crippen molar-refractivity contribution in [3.63, 3.8) is 0 Å². The Morgan fingerprint density at radius 3 is 1.15 bits per heavy atom. The average molecular weight is 941 g/mol. The Balaban J connectivity index is 1.38. The molecular formula is C48H62S2Sn2. The van der Waals surface area contributed by atoms with E-state index in [4.69, 9.17) is 0 Å². The molecule has 0 nitrogen and oxygen atoms in total. The summed E-state index contributed by atoms with van der Waals surface area (Å²) in [6.45, 7) is 9.71. The number of fused-ring (bicyclic) bond motifs is 6. The van der Waals surface area contributed by atoms with E-state index in [1.54, 1.807) is 16.9 Å². The van der Waals surface area contributed by atoms with Gasteiger partial charge in [-0.2, -0.15) is 0 Å². The fourth-order valence-corrected chi connectivity index (χ4v) is 21.9. The zero-order chi connectivity index (χ0) is 37.1. The van der Waals surface area contributed by atoms with Gasteiger partial charge in [0.05, 0.1) is 0 Å². The third-order valence-electron chi connectivity index (χ3n) is 12.4. The first-order valence-corrected chi connectivity index (χ1v) is 42.0. The second kappa shape index (κ2) is 15.0. The molecule has 0 saturated carbocycles. The molecule has 0 spiro atoms. The molecule has 3 aromatic carbocycles. The van der Waals surface area contributed by atoms with Gasteiger partial charge in [0, 0.05) is 0 Å². The summed E-state index contributed by atoms with van der Waals surface area (Å²) in [6, 6.07) is 30.4. The van der Waals surface area contributed by atoms with Crippen molar-refractivity contribution in [3.05, 3.63) is 117 Å². The summed E-state index contributed by atoms with van der Waals surface area (Å²) in [5, 5.41) is 0. The van der Waals surface area contributed by atoms with Crippen LogP contribution in [0.15, 0.2) is 72.8 Å². The van der Waals surface area contributed by atoms with Crippen molar-refractivity contribution in [3.8, 4) is 20.9 Å². The first-order chi connectivity index (χ1) is 24.7. The van der Waals surface area contributed by atoms with Crippen LogP contribution in [0.4, 0.5) is 0 Å². The maximum atomic E-state index is 2.68. The molecule has 4 heteroatoms. The van der Waals surface area contributed by atoms with E-state index in [0.29, 0.717) is 0 Å². The molecule has 2 aliphatic carbocycles. The number of hydrogen-bond donors (Lipinski definition) is 0. The van der Waals surface area contributed by atoms with E-state index in [2.05, 4.69) is 153 Å². The summed E-state index contributed by atoms with van der Waals surface area (Å²) in [4.78, 5) is 18.6. The van der Waals surface area contributed by atoms with Gasteiger partial charge in [0.1, 0.15) is 0 Å². The Bertz CT molecular complexity index is 1900. The van der Waals surface area contributed by atoms with Gasteiger partial charge in [0.2, 0.25) is 0 Å². The quantitative estimate of drug-likeness (QED) is 0.0769. The Kier molecular flexibility index (Phi) is 11.2. The Hall–Kier alpha value is -1.34. The minimum absolute atomic E-state index is 0.159. The molecule has 0 radical (unpaired) electrons. The Labute approximate surface area is 332 Å². The van der Waals surface area contributed by atoms with Gasteiger partial charge in [0.15, 0.2) is 0 Å². The molecule has 52 heavy (non-hydrogen) atoms. The van der Waals surface area contributed by atoms with Crippen molar-refractivity contribution in [1.82, 2.24) is 0 Å². The van der Waals surface area contributed by atoms with E-state index in [-0.39, 0.29) is 10.8 Å². The van der Waals surface area contributed by atoms with Crippen molar-refractivity contribution in [2.45, 2.75) is 132 Å². The molecular weight excluding hydrogens is 878 g/mol. The van der Waals surface area contributed by atoms with Gasteiger partial charge in [0.25, 0.3) is 0 Å². The first kappa shape index (κ1) is 38.9. The third-order valence-corrected chi connectivity index (χ3v) is 33.6. The topological polar surface area (TPSA) is 0 Å². The van der Waals surface area contributed by atoms with E-state index in [0.717, 1.165) is 0 Å². The van der Waals surface area contributed by atoms with Crippen LogP contribution in [0.2, 0.25) is 29.6 Å². The molecule has 2 aliphatic rings. The molecule has 0 bridgehead atoms. The van der Waals surface area contributed by atoms with Gasteiger partial charge < -0.3 is 0 Å². The van der Waals surface area contributed by atoms with E-state index in [9.17, 15) is 0 Å². The van der Waals surface area contributed by atoms with Crippen LogP contribution in [0, 0.1) is 0 Å². The summed E-state index contributed by atoms with van der Waals surface area (Å²) in [5.74, 6) is 0. The molecule has 0 fully saturated rings. The van der Waals surface area contributed by atoms with Crippen LogP contribution in [0.1, 0.15) is 124 Å². The van der Waals surface area contributed by atoms with Gasteiger partial charge in [-0.3, -0.25) is 0 Å². The number of unbranched alkanes of at least 4 members (excludes halogenated alkanes) is 6. The van der Waals surface area contributed by atoms with Crippen LogP contribution in [0.3, 0.4) is 0 Å². The molecule has 2 aromatic heterocycles. The average Bonchev–Trinajstić information content (AvgIpc) is 3.87. The minimum atomic E-state index is -2.33. The zero-order valence-electron chi connectivity index (χ0n) is 33.8.